The number of guanidine groups is 4. The van der Waals surface area contributed by atoms with Gasteiger partial charge in [-0.1, -0.05) is 81.4 Å². The molecule has 115 heavy (non-hydrogen) atoms. The zero-order valence-electron chi connectivity index (χ0n) is 65.4. The van der Waals surface area contributed by atoms with Crippen LogP contribution in [0.2, 0.25) is 0 Å². The van der Waals surface area contributed by atoms with Crippen molar-refractivity contribution in [2.24, 2.45) is 34.1 Å². The van der Waals surface area contributed by atoms with Gasteiger partial charge in [-0.05, 0) is 112 Å². The van der Waals surface area contributed by atoms with Gasteiger partial charge in [-0.3, -0.25) is 79.2 Å². The van der Waals surface area contributed by atoms with Crippen molar-refractivity contribution < 1.29 is 72.5 Å². The Morgan fingerprint density at radius 3 is 1.25 bits per heavy atom. The highest BCUT2D eigenvalue weighted by Gasteiger charge is 2.42. The van der Waals surface area contributed by atoms with E-state index < -0.39 is 190 Å². The quantitative estimate of drug-likeness (QED) is 0.00866. The molecule has 12 atom stereocenters. The van der Waals surface area contributed by atoms with Crippen molar-refractivity contribution in [1.82, 2.24) is 84.7 Å². The van der Waals surface area contributed by atoms with Gasteiger partial charge in [-0.25, -0.2) is 4.79 Å². The number of hydrogen-bond donors (Lipinski definition) is 29. The van der Waals surface area contributed by atoms with Gasteiger partial charge in [0, 0.05) is 80.0 Å². The summed E-state index contributed by atoms with van der Waals surface area (Å²) in [7, 11) is 0. The number of carboxylic acids is 1. The van der Waals surface area contributed by atoms with Crippen molar-refractivity contribution in [3.05, 3.63) is 84.1 Å². The number of nitrogens with one attached hydrogen (secondary N) is 20. The van der Waals surface area contributed by atoms with E-state index in [0.29, 0.717) is 22.0 Å². The van der Waals surface area contributed by atoms with Crippen LogP contribution in [-0.4, -0.2) is 225 Å². The number of carboxylic acid groups (broad SMARTS) is 1. The maximum Gasteiger partial charge on any atom is 0.326 e. The molecular formula is C73H113N25O15S2. The molecule has 32 N–H and O–H groups in total. The van der Waals surface area contributed by atoms with E-state index in [1.165, 1.54) is 20.8 Å². The lowest BCUT2D eigenvalue weighted by Gasteiger charge is -2.33. The van der Waals surface area contributed by atoms with E-state index in [4.69, 9.17) is 50.3 Å². The molecule has 42 heteroatoms. The predicted octanol–water partition coefficient (Wildman–Crippen LogP) is -4.07. The maximum absolute atomic E-state index is 15.6. The van der Waals surface area contributed by atoms with Gasteiger partial charge in [0.05, 0.1) is 6.10 Å². The molecule has 0 radical (unpaired) electrons. The fourth-order valence-electron chi connectivity index (χ4n) is 12.0. The zero-order chi connectivity index (χ0) is 86.0. The van der Waals surface area contributed by atoms with Crippen LogP contribution in [-0.2, 0) is 75.2 Å². The number of fused-ring (bicyclic) bond motifs is 2. The molecule has 0 spiro atoms. The topological polar surface area (TPSA) is 684 Å². The molecule has 0 aliphatic heterocycles. The van der Waals surface area contributed by atoms with Gasteiger partial charge in [-0.2, -0.15) is 25.3 Å². The number of para-hydroxylation sites is 1. The second kappa shape index (κ2) is 46.5. The predicted molar refractivity (Wildman–Crippen MR) is 437 cm³/mol. The fraction of sp³-hybridized carbons (Fsp3) is 0.521. The molecule has 1 heterocycles. The Bertz CT molecular complexity index is 4110. The molecule has 4 aromatic rings. The summed E-state index contributed by atoms with van der Waals surface area (Å²) >= 11 is 8.80. The molecular weight excluding hydrogens is 1530 g/mol. The summed E-state index contributed by atoms with van der Waals surface area (Å²) in [5, 5.41) is 92.6. The van der Waals surface area contributed by atoms with E-state index in [9.17, 15) is 58.2 Å². The molecule has 0 bridgehead atoms. The van der Waals surface area contributed by atoms with Crippen molar-refractivity contribution in [3.63, 3.8) is 0 Å². The van der Waals surface area contributed by atoms with Crippen LogP contribution >= 0.6 is 25.3 Å². The molecule has 0 aliphatic rings. The van der Waals surface area contributed by atoms with Crippen LogP contribution in [0, 0.1) is 27.1 Å². The van der Waals surface area contributed by atoms with E-state index in [2.05, 4.69) is 110 Å². The highest BCUT2D eigenvalue weighted by atomic mass is 32.1. The summed E-state index contributed by atoms with van der Waals surface area (Å²) in [5.74, 6) is -14.8. The number of aromatic nitrogens is 1. The number of carbonyl (C=O) groups excluding carboxylic acids is 12. The minimum atomic E-state index is -1.89. The first-order chi connectivity index (χ1) is 54.0. The molecule has 0 fully saturated rings. The van der Waals surface area contributed by atoms with Crippen LogP contribution in [0.3, 0.4) is 0 Å². The number of thiol groups is 2. The Hall–Kier alpha value is -11.7. The van der Waals surface area contributed by atoms with E-state index in [-0.39, 0.29) is 102 Å². The SMILES string of the molecule is CC(=O)N[C@@H](CS)C(=O)N[C@H](CCCNC(=N)N)C(=O)N[C@H](CCCNC(=N)N)C(=O)N[C@@H](CCCNC(=N)N)C(=O)N[C@@H](Cc1ccc2ccccc2c1)C(=O)N[C@@H](Cc1c[nH]c2ccccc12)C(=O)N[C@@H](CCC(N)=O)C(=O)N[C@H](C(=O)N[C@H](C(=O)N[C@@H](CCCNC(=N)N)C(=O)N[C@H](C(=O)O)C(C)(C)C)[C@@H](C)O)C(C)(C)S. The van der Waals surface area contributed by atoms with Crippen molar-refractivity contribution in [3.8, 4) is 0 Å². The van der Waals surface area contributed by atoms with Crippen LogP contribution in [0.25, 0.3) is 21.7 Å². The lowest BCUT2D eigenvalue weighted by Crippen LogP contribution is -2.64. The Morgan fingerprint density at radius 1 is 0.461 bits per heavy atom. The second-order valence-corrected chi connectivity index (χ2v) is 30.7. The largest absolute Gasteiger partial charge is 0.480 e. The molecule has 632 valence electrons. The Balaban J connectivity index is 1.82. The van der Waals surface area contributed by atoms with Gasteiger partial charge in [0.1, 0.15) is 66.5 Å². The number of hydrogen-bond acceptors (Lipinski definition) is 20. The molecule has 0 saturated heterocycles. The molecule has 12 amide bonds. The van der Waals surface area contributed by atoms with Gasteiger partial charge < -0.3 is 124 Å². The number of amides is 12. The average molecular weight is 1650 g/mol. The lowest BCUT2D eigenvalue weighted by molar-refractivity contribution is -0.145. The highest BCUT2D eigenvalue weighted by Crippen LogP contribution is 2.24. The number of aliphatic hydroxyl groups is 1. The molecule has 1 aromatic heterocycles. The Kier molecular flexibility index (Phi) is 38.7. The number of rotatable bonds is 48. The monoisotopic (exact) mass is 1640 g/mol. The van der Waals surface area contributed by atoms with E-state index in [0.717, 1.165) is 17.7 Å². The van der Waals surface area contributed by atoms with Crippen LogP contribution < -0.4 is 108 Å². The Labute approximate surface area is 676 Å². The van der Waals surface area contributed by atoms with E-state index in [1.807, 2.05) is 18.2 Å². The Morgan fingerprint density at radius 2 is 0.843 bits per heavy atom. The number of H-pyrrole nitrogens is 1. The minimum Gasteiger partial charge on any atom is -0.480 e. The number of primary amides is 1. The van der Waals surface area contributed by atoms with Gasteiger partial charge in [0.25, 0.3) is 0 Å². The summed E-state index contributed by atoms with van der Waals surface area (Å²) in [4.78, 5) is 187. The summed E-state index contributed by atoms with van der Waals surface area (Å²) in [6.45, 7) is 9.90. The molecule has 3 aromatic carbocycles. The van der Waals surface area contributed by atoms with Crippen LogP contribution in [0.15, 0.2) is 72.9 Å². The number of aromatic amines is 1. The standard InChI is InChI=1S/C73H113N25O15S2/c1-37(99)54(65(110)93-48(23-15-31-86-71(81)82)60(105)98-56(67(112)113)72(3,4)5)96-66(111)55(73(6,7)115)97-61(106)49(26-27-53(74)101)92-63(108)51(34-42-35-87-44-19-11-10-18-43(42)44)95-62(107)50(33-39-24-25-40-16-8-9-17-41(40)32-39)94-59(104)47(22-14-30-85-70(79)80)90-57(102)45(20-12-28-83-68(75)76)89-58(103)46(21-13-29-84-69(77)78)91-64(109)52(36-114)88-38(2)100/h8-11,16-19,24-25,32,35,37,45-52,54-56,87,99,114-115H,12-15,20-23,26-31,33-34,36H2,1-7H3,(H2,74,101)(H,88,100)(H,89,103)(H,90,102)(H,91,109)(H,92,108)(H,93,110)(H,94,104)(H,95,107)(H,96,111)(H,97,106)(H,98,105)(H,112,113)(H4,75,76,83)(H4,77,78,84)(H4,79,80,85)(H4,81,82,86)/t37-,45-,46-,47+,48+,49+,50+,51+,52+,54+,55-,56-/m1/s1. The minimum absolute atomic E-state index is 0.0134. The summed E-state index contributed by atoms with van der Waals surface area (Å²) in [6, 6.07) is 2.01. The number of nitrogens with two attached hydrogens (primary N) is 5. The van der Waals surface area contributed by atoms with Crippen LogP contribution in [0.5, 0.6) is 0 Å². The van der Waals surface area contributed by atoms with E-state index >= 15 is 14.4 Å². The van der Waals surface area contributed by atoms with Crippen molar-refractivity contribution in [1.29, 1.82) is 21.6 Å². The number of carbonyl (C=O) groups is 13. The normalized spacial score (nSPS) is 14.5. The van der Waals surface area contributed by atoms with Gasteiger partial charge in [0.2, 0.25) is 70.9 Å². The smallest absolute Gasteiger partial charge is 0.326 e. The summed E-state index contributed by atoms with van der Waals surface area (Å²) in [6.07, 6.45) is -2.25. The summed E-state index contributed by atoms with van der Waals surface area (Å²) < 4.78 is -1.58. The van der Waals surface area contributed by atoms with Crippen LogP contribution in [0.1, 0.15) is 124 Å². The average Bonchev–Trinajstić information content (AvgIpc) is 1.80. The number of aliphatic carboxylic acids is 1. The molecule has 0 aliphatic carbocycles. The highest BCUT2D eigenvalue weighted by molar-refractivity contribution is 7.81. The molecule has 40 nitrogen and oxygen atoms in total. The summed E-state index contributed by atoms with van der Waals surface area (Å²) in [5.41, 5.74) is 28.2. The number of aliphatic hydroxyl groups excluding tert-OH is 1. The van der Waals surface area contributed by atoms with Crippen molar-refractivity contribution in [2.45, 2.75) is 203 Å². The fourth-order valence-corrected chi connectivity index (χ4v) is 12.4. The van der Waals surface area contributed by atoms with Gasteiger partial charge in [-0.15, -0.1) is 0 Å². The second-order valence-electron chi connectivity index (χ2n) is 29.2. The zero-order valence-corrected chi connectivity index (χ0v) is 67.1. The van der Waals surface area contributed by atoms with Crippen LogP contribution in [0.4, 0.5) is 0 Å². The van der Waals surface area contributed by atoms with Crippen molar-refractivity contribution in [2.75, 3.05) is 31.9 Å². The van der Waals surface area contributed by atoms with Crippen molar-refractivity contribution >= 4 is 148 Å². The van der Waals surface area contributed by atoms with Gasteiger partial charge in [0.15, 0.2) is 23.8 Å². The first-order valence-electron chi connectivity index (χ1n) is 37.2. The third kappa shape index (κ3) is 33.5. The maximum atomic E-state index is 15.6. The number of benzene rings is 3. The first kappa shape index (κ1) is 95.7. The lowest BCUT2D eigenvalue weighted by atomic mass is 9.86. The molecule has 4 rings (SSSR count). The molecule has 0 unspecified atom stereocenters. The van der Waals surface area contributed by atoms with Gasteiger partial charge >= 0.3 is 5.97 Å². The third-order valence-electron chi connectivity index (χ3n) is 18.0. The third-order valence-corrected chi connectivity index (χ3v) is 18.6. The molecule has 0 saturated carbocycles. The van der Waals surface area contributed by atoms with E-state index in [1.54, 1.807) is 75.5 Å². The first-order valence-corrected chi connectivity index (χ1v) is 38.2.